The molecule has 0 spiro atoms. The highest BCUT2D eigenvalue weighted by Gasteiger charge is 2.36. The predicted octanol–water partition coefficient (Wildman–Crippen LogP) is 0.792. The number of nitrogens with zero attached hydrogens (tertiary/aromatic N) is 1. The molecular weight excluding hydrogens is 277 g/mol. The highest BCUT2D eigenvalue weighted by atomic mass is 19.4. The number of rotatable bonds is 7. The molecule has 1 N–H and O–H groups in total. The van der Waals surface area contributed by atoms with E-state index in [9.17, 15) is 18.0 Å². The molecule has 118 valence electrons. The molecule has 1 saturated heterocycles. The van der Waals surface area contributed by atoms with Gasteiger partial charge < -0.3 is 19.7 Å². The van der Waals surface area contributed by atoms with Crippen LogP contribution in [0.5, 0.6) is 0 Å². The van der Waals surface area contributed by atoms with Gasteiger partial charge in [0.15, 0.2) is 0 Å². The van der Waals surface area contributed by atoms with E-state index in [1.807, 2.05) is 0 Å². The van der Waals surface area contributed by atoms with Gasteiger partial charge in [-0.3, -0.25) is 4.79 Å². The average Bonchev–Trinajstić information content (AvgIpc) is 2.41. The molecule has 0 aromatic heterocycles. The van der Waals surface area contributed by atoms with E-state index >= 15 is 0 Å². The molecule has 0 aliphatic carbocycles. The van der Waals surface area contributed by atoms with Crippen molar-refractivity contribution in [2.45, 2.75) is 25.1 Å². The minimum absolute atomic E-state index is 0.189. The van der Waals surface area contributed by atoms with Gasteiger partial charge in [-0.15, -0.1) is 0 Å². The summed E-state index contributed by atoms with van der Waals surface area (Å²) in [5.41, 5.74) is 0. The molecule has 1 amide bonds. The summed E-state index contributed by atoms with van der Waals surface area (Å²) in [5.74, 6) is -0.620. The highest BCUT2D eigenvalue weighted by molar-refractivity contribution is 5.77. The molecule has 20 heavy (non-hydrogen) atoms. The molecule has 0 unspecified atom stereocenters. The van der Waals surface area contributed by atoms with Crippen LogP contribution in [-0.4, -0.2) is 69.6 Å². The number of carbonyl (C=O) groups excluding carboxylic acids is 1. The van der Waals surface area contributed by atoms with Crippen LogP contribution in [0.3, 0.4) is 0 Å². The lowest BCUT2D eigenvalue weighted by Gasteiger charge is -2.35. The van der Waals surface area contributed by atoms with E-state index in [2.05, 4.69) is 5.32 Å². The number of halogens is 3. The number of amides is 1. The Morgan fingerprint density at radius 3 is 2.50 bits per heavy atom. The van der Waals surface area contributed by atoms with Gasteiger partial charge in [0, 0.05) is 13.2 Å². The van der Waals surface area contributed by atoms with Gasteiger partial charge in [-0.2, -0.15) is 13.2 Å². The first-order valence-electron chi connectivity index (χ1n) is 6.57. The van der Waals surface area contributed by atoms with Crippen molar-refractivity contribution in [1.82, 2.24) is 10.2 Å². The molecule has 0 atom stereocenters. The van der Waals surface area contributed by atoms with Gasteiger partial charge in [-0.25, -0.2) is 0 Å². The number of methoxy groups -OCH3 is 1. The Labute approximate surface area is 116 Å². The second-order valence-electron chi connectivity index (χ2n) is 4.66. The Morgan fingerprint density at radius 2 is 1.95 bits per heavy atom. The lowest BCUT2D eigenvalue weighted by Crippen LogP contribution is -2.50. The van der Waals surface area contributed by atoms with Crippen LogP contribution in [0.2, 0.25) is 0 Å². The van der Waals surface area contributed by atoms with Gasteiger partial charge in [-0.1, -0.05) is 0 Å². The van der Waals surface area contributed by atoms with Crippen LogP contribution in [-0.2, 0) is 14.3 Å². The van der Waals surface area contributed by atoms with E-state index in [0.29, 0.717) is 32.5 Å². The maximum absolute atomic E-state index is 12.6. The van der Waals surface area contributed by atoms with Gasteiger partial charge in [-0.05, 0) is 25.9 Å². The van der Waals surface area contributed by atoms with Crippen LogP contribution < -0.4 is 5.32 Å². The third kappa shape index (κ3) is 6.53. The van der Waals surface area contributed by atoms with Crippen LogP contribution in [0, 0.1) is 0 Å². The molecule has 1 aliphatic heterocycles. The zero-order chi connectivity index (χ0) is 15.0. The quantitative estimate of drug-likeness (QED) is 0.706. The molecule has 5 nitrogen and oxygen atoms in total. The largest absolute Gasteiger partial charge is 0.406 e. The molecule has 0 radical (unpaired) electrons. The third-order valence-electron chi connectivity index (χ3n) is 3.08. The second kappa shape index (κ2) is 8.43. The minimum Gasteiger partial charge on any atom is -0.382 e. The lowest BCUT2D eigenvalue weighted by molar-refractivity contribution is -0.169. The second-order valence-corrected chi connectivity index (χ2v) is 4.66. The number of hydrogen-bond acceptors (Lipinski definition) is 4. The fraction of sp³-hybridized carbons (Fsp3) is 0.917. The molecule has 8 heteroatoms. The third-order valence-corrected chi connectivity index (χ3v) is 3.08. The van der Waals surface area contributed by atoms with Gasteiger partial charge in [0.1, 0.15) is 13.2 Å². The first kappa shape index (κ1) is 17.2. The number of hydrogen-bond donors (Lipinski definition) is 1. The van der Waals surface area contributed by atoms with E-state index in [1.165, 1.54) is 7.11 Å². The normalized spacial score (nSPS) is 17.2. The highest BCUT2D eigenvalue weighted by Crippen LogP contribution is 2.21. The van der Waals surface area contributed by atoms with E-state index in [0.717, 1.165) is 4.90 Å². The van der Waals surface area contributed by atoms with E-state index in [4.69, 9.17) is 9.47 Å². The summed E-state index contributed by atoms with van der Waals surface area (Å²) in [4.78, 5) is 12.8. The number of nitrogens with one attached hydrogen (secondary N) is 1. The fourth-order valence-electron chi connectivity index (χ4n) is 2.12. The molecule has 1 fully saturated rings. The first-order valence-corrected chi connectivity index (χ1v) is 6.57. The summed E-state index contributed by atoms with van der Waals surface area (Å²) in [5, 5.41) is 3.06. The summed E-state index contributed by atoms with van der Waals surface area (Å²) in [7, 11) is 1.48. The van der Waals surface area contributed by atoms with Crippen LogP contribution >= 0.6 is 0 Å². The average molecular weight is 298 g/mol. The van der Waals surface area contributed by atoms with Crippen LogP contribution in [0.4, 0.5) is 13.2 Å². The molecule has 1 heterocycles. The Bertz CT molecular complexity index is 294. The van der Waals surface area contributed by atoms with Crippen molar-refractivity contribution >= 4 is 5.91 Å². The van der Waals surface area contributed by atoms with Crippen LogP contribution in [0.25, 0.3) is 0 Å². The maximum Gasteiger partial charge on any atom is 0.406 e. The summed E-state index contributed by atoms with van der Waals surface area (Å²) < 4.78 is 47.5. The van der Waals surface area contributed by atoms with Crippen molar-refractivity contribution in [2.75, 3.05) is 46.6 Å². The van der Waals surface area contributed by atoms with Crippen molar-refractivity contribution < 1.29 is 27.4 Å². The Hall–Kier alpha value is -0.860. The van der Waals surface area contributed by atoms with Gasteiger partial charge in [0.2, 0.25) is 5.91 Å². The van der Waals surface area contributed by atoms with Crippen molar-refractivity contribution in [1.29, 1.82) is 0 Å². The molecule has 0 aromatic rings. The van der Waals surface area contributed by atoms with Gasteiger partial charge in [0.25, 0.3) is 0 Å². The summed E-state index contributed by atoms with van der Waals surface area (Å²) >= 11 is 0. The number of piperidine rings is 1. The number of ether oxygens (including phenoxy) is 2. The molecular formula is C12H21F3N2O3. The molecule has 0 bridgehead atoms. The van der Waals surface area contributed by atoms with Crippen LogP contribution in [0.15, 0.2) is 0 Å². The summed E-state index contributed by atoms with van der Waals surface area (Å²) in [6.07, 6.45) is -3.34. The topological polar surface area (TPSA) is 50.8 Å². The van der Waals surface area contributed by atoms with E-state index < -0.39 is 18.6 Å². The first-order chi connectivity index (χ1) is 9.44. The number of alkyl halides is 3. The summed E-state index contributed by atoms with van der Waals surface area (Å²) in [6, 6.07) is -0.378. The zero-order valence-corrected chi connectivity index (χ0v) is 11.5. The SMILES string of the molecule is COCCOCC(=O)N(CC(F)(F)F)C1CCNCC1. The minimum atomic E-state index is -4.40. The summed E-state index contributed by atoms with van der Waals surface area (Å²) in [6.45, 7) is 0.176. The maximum atomic E-state index is 12.6. The fourth-order valence-corrected chi connectivity index (χ4v) is 2.12. The smallest absolute Gasteiger partial charge is 0.382 e. The molecule has 0 aromatic carbocycles. The van der Waals surface area contributed by atoms with Crippen molar-refractivity contribution in [3.63, 3.8) is 0 Å². The molecule has 1 aliphatic rings. The monoisotopic (exact) mass is 298 g/mol. The van der Waals surface area contributed by atoms with E-state index in [-0.39, 0.29) is 19.3 Å². The van der Waals surface area contributed by atoms with Crippen molar-refractivity contribution in [3.8, 4) is 0 Å². The number of carbonyl (C=O) groups is 1. The standard InChI is InChI=1S/C12H21F3N2O3/c1-19-6-7-20-8-11(18)17(9-12(13,14)15)10-2-4-16-5-3-10/h10,16H,2-9H2,1H3. The Kier molecular flexibility index (Phi) is 7.25. The Balaban J connectivity index is 2.53. The Morgan fingerprint density at radius 1 is 1.30 bits per heavy atom. The predicted molar refractivity (Wildman–Crippen MR) is 66.4 cm³/mol. The molecule has 0 saturated carbocycles. The van der Waals surface area contributed by atoms with Crippen LogP contribution in [0.1, 0.15) is 12.8 Å². The van der Waals surface area contributed by atoms with Crippen molar-refractivity contribution in [3.05, 3.63) is 0 Å². The van der Waals surface area contributed by atoms with Crippen molar-refractivity contribution in [2.24, 2.45) is 0 Å². The zero-order valence-electron chi connectivity index (χ0n) is 11.5. The van der Waals surface area contributed by atoms with Gasteiger partial charge in [0.05, 0.1) is 13.2 Å². The van der Waals surface area contributed by atoms with Gasteiger partial charge >= 0.3 is 6.18 Å². The van der Waals surface area contributed by atoms with E-state index in [1.54, 1.807) is 0 Å². The lowest BCUT2D eigenvalue weighted by atomic mass is 10.0. The molecule has 1 rings (SSSR count).